The Labute approximate surface area is 184 Å². The normalized spacial score (nSPS) is 17.4. The van der Waals surface area contributed by atoms with Crippen LogP contribution >= 0.6 is 11.7 Å². The molecular weight excluding hydrogens is 440 g/mol. The predicted molar refractivity (Wildman–Crippen MR) is 117 cm³/mol. The van der Waals surface area contributed by atoms with Gasteiger partial charge >= 0.3 is 0 Å². The maximum absolute atomic E-state index is 13.3. The van der Waals surface area contributed by atoms with Gasteiger partial charge in [0.2, 0.25) is 15.9 Å². The Bertz CT molecular complexity index is 1210. The van der Waals surface area contributed by atoms with Crippen LogP contribution in [0.2, 0.25) is 0 Å². The molecular formula is C20H22N4O5S2. The number of hydrogen-bond donors (Lipinski definition) is 1. The van der Waals surface area contributed by atoms with E-state index in [1.165, 1.54) is 24.6 Å². The van der Waals surface area contributed by atoms with Gasteiger partial charge in [-0.3, -0.25) is 4.79 Å². The van der Waals surface area contributed by atoms with Gasteiger partial charge in [-0.25, -0.2) is 8.42 Å². The van der Waals surface area contributed by atoms with Crippen molar-refractivity contribution in [2.24, 2.45) is 5.92 Å². The first-order chi connectivity index (χ1) is 14.9. The van der Waals surface area contributed by atoms with Crippen molar-refractivity contribution in [2.75, 3.05) is 32.6 Å². The van der Waals surface area contributed by atoms with Gasteiger partial charge in [0.1, 0.15) is 27.4 Å². The highest BCUT2D eigenvalue weighted by atomic mass is 32.2. The van der Waals surface area contributed by atoms with Gasteiger partial charge in [-0.2, -0.15) is 13.1 Å². The first-order valence-corrected chi connectivity index (χ1v) is 11.9. The summed E-state index contributed by atoms with van der Waals surface area (Å²) < 4.78 is 46.8. The largest absolute Gasteiger partial charge is 0.497 e. The molecule has 2 aromatic carbocycles. The molecule has 1 aromatic heterocycles. The lowest BCUT2D eigenvalue weighted by Gasteiger charge is -2.31. The lowest BCUT2D eigenvalue weighted by Crippen LogP contribution is -2.43. The van der Waals surface area contributed by atoms with Crippen LogP contribution in [0, 0.1) is 5.92 Å². The fourth-order valence-electron chi connectivity index (χ4n) is 3.65. The maximum atomic E-state index is 13.3. The molecule has 1 atom stereocenters. The molecule has 3 aromatic rings. The minimum absolute atomic E-state index is 0.0917. The number of rotatable bonds is 6. The third-order valence-corrected chi connectivity index (χ3v) is 7.73. The maximum Gasteiger partial charge on any atom is 0.245 e. The zero-order valence-electron chi connectivity index (χ0n) is 17.1. The van der Waals surface area contributed by atoms with E-state index in [0.717, 1.165) is 11.7 Å². The van der Waals surface area contributed by atoms with Crippen LogP contribution in [0.25, 0.3) is 11.0 Å². The van der Waals surface area contributed by atoms with Crippen molar-refractivity contribution in [1.82, 2.24) is 13.1 Å². The highest BCUT2D eigenvalue weighted by molar-refractivity contribution is 7.89. The zero-order valence-corrected chi connectivity index (χ0v) is 18.7. The molecule has 9 nitrogen and oxygen atoms in total. The van der Waals surface area contributed by atoms with E-state index in [1.54, 1.807) is 30.3 Å². The van der Waals surface area contributed by atoms with Crippen molar-refractivity contribution in [1.29, 1.82) is 0 Å². The molecule has 0 aliphatic carbocycles. The number of sulfonamides is 1. The number of anilines is 1. The van der Waals surface area contributed by atoms with Crippen molar-refractivity contribution in [3.05, 3.63) is 36.4 Å². The summed E-state index contributed by atoms with van der Waals surface area (Å²) in [6.07, 6.45) is 1.17. The summed E-state index contributed by atoms with van der Waals surface area (Å²) in [7, 11) is -0.757. The number of ether oxygens (including phenoxy) is 2. The van der Waals surface area contributed by atoms with Gasteiger partial charge in [-0.15, -0.1) is 0 Å². The lowest BCUT2D eigenvalue weighted by molar-refractivity contribution is -0.120. The van der Waals surface area contributed by atoms with Crippen LogP contribution in [0.1, 0.15) is 12.8 Å². The van der Waals surface area contributed by atoms with Gasteiger partial charge < -0.3 is 14.8 Å². The molecule has 0 unspecified atom stereocenters. The molecule has 31 heavy (non-hydrogen) atoms. The second kappa shape index (κ2) is 8.77. The van der Waals surface area contributed by atoms with E-state index in [0.29, 0.717) is 47.6 Å². The quantitative estimate of drug-likeness (QED) is 0.600. The highest BCUT2D eigenvalue weighted by Gasteiger charge is 2.35. The Morgan fingerprint density at radius 2 is 2.03 bits per heavy atom. The van der Waals surface area contributed by atoms with E-state index < -0.39 is 15.9 Å². The van der Waals surface area contributed by atoms with Crippen LogP contribution in [0.5, 0.6) is 11.5 Å². The molecule has 1 saturated heterocycles. The van der Waals surface area contributed by atoms with Crippen molar-refractivity contribution in [2.45, 2.75) is 17.7 Å². The van der Waals surface area contributed by atoms with Crippen molar-refractivity contribution in [3.63, 3.8) is 0 Å². The number of carbonyl (C=O) groups excluding carboxylic acids is 1. The smallest absolute Gasteiger partial charge is 0.245 e. The average Bonchev–Trinajstić information content (AvgIpc) is 3.28. The second-order valence-electron chi connectivity index (χ2n) is 7.15. The van der Waals surface area contributed by atoms with Gasteiger partial charge in [0, 0.05) is 19.2 Å². The molecule has 1 amide bonds. The highest BCUT2D eigenvalue weighted by Crippen LogP contribution is 2.31. The monoisotopic (exact) mass is 462 g/mol. The lowest BCUT2D eigenvalue weighted by atomic mass is 9.98. The molecule has 164 valence electrons. The van der Waals surface area contributed by atoms with Gasteiger partial charge in [0.25, 0.3) is 0 Å². The van der Waals surface area contributed by atoms with Crippen LogP contribution in [0.3, 0.4) is 0 Å². The van der Waals surface area contributed by atoms with Crippen LogP contribution in [0.15, 0.2) is 41.3 Å². The molecule has 0 bridgehead atoms. The zero-order chi connectivity index (χ0) is 22.0. The van der Waals surface area contributed by atoms with Gasteiger partial charge in [-0.1, -0.05) is 6.07 Å². The summed E-state index contributed by atoms with van der Waals surface area (Å²) in [5, 5.41) is 2.86. The topological polar surface area (TPSA) is 111 Å². The number of piperidine rings is 1. The number of fused-ring (bicyclic) bond motifs is 1. The fraction of sp³-hybridized carbons (Fsp3) is 0.350. The predicted octanol–water partition coefficient (Wildman–Crippen LogP) is 2.75. The SMILES string of the molecule is COc1ccc(OC)c(NC(=O)[C@H]2CCCN(S(=O)(=O)c3cccc4nsnc34)C2)c1. The third kappa shape index (κ3) is 4.21. The first-order valence-electron chi connectivity index (χ1n) is 9.68. The van der Waals surface area contributed by atoms with Gasteiger partial charge in [-0.05, 0) is 37.1 Å². The minimum Gasteiger partial charge on any atom is -0.497 e. The summed E-state index contributed by atoms with van der Waals surface area (Å²) >= 11 is 0.974. The van der Waals surface area contributed by atoms with Gasteiger partial charge in [0.15, 0.2) is 0 Å². The summed E-state index contributed by atoms with van der Waals surface area (Å²) in [6, 6.07) is 10.0. The summed E-state index contributed by atoms with van der Waals surface area (Å²) in [5.41, 5.74) is 1.38. The Morgan fingerprint density at radius 1 is 1.19 bits per heavy atom. The Kier molecular flexibility index (Phi) is 6.08. The molecule has 11 heteroatoms. The standard InChI is InChI=1S/C20H22N4O5S2/c1-28-14-8-9-17(29-2)16(11-14)21-20(25)13-5-4-10-24(12-13)31(26,27)18-7-3-6-15-19(18)23-30-22-15/h3,6-9,11,13H,4-5,10,12H2,1-2H3,(H,21,25)/t13-/m0/s1. The number of aromatic nitrogens is 2. The second-order valence-corrected chi connectivity index (χ2v) is 9.58. The Balaban J connectivity index is 1.55. The Hall–Kier alpha value is -2.76. The summed E-state index contributed by atoms with van der Waals surface area (Å²) in [5.74, 6) is 0.318. The van der Waals surface area contributed by atoms with E-state index in [-0.39, 0.29) is 17.3 Å². The number of methoxy groups -OCH3 is 2. The van der Waals surface area contributed by atoms with Crippen molar-refractivity contribution >= 4 is 44.4 Å². The first kappa shape index (κ1) is 21.5. The molecule has 4 rings (SSSR count). The molecule has 0 spiro atoms. The number of carbonyl (C=O) groups is 1. The minimum atomic E-state index is -3.81. The Morgan fingerprint density at radius 3 is 2.81 bits per heavy atom. The van der Waals surface area contributed by atoms with E-state index in [4.69, 9.17) is 9.47 Å². The molecule has 0 radical (unpaired) electrons. The number of hydrogen-bond acceptors (Lipinski definition) is 8. The molecule has 0 saturated carbocycles. The van der Waals surface area contributed by atoms with Crippen molar-refractivity contribution in [3.8, 4) is 11.5 Å². The molecule has 1 aliphatic rings. The summed E-state index contributed by atoms with van der Waals surface area (Å²) in [6.45, 7) is 0.441. The fourth-order valence-corrected chi connectivity index (χ4v) is 5.93. The third-order valence-electron chi connectivity index (χ3n) is 5.29. The molecule has 1 N–H and O–H groups in total. The van der Waals surface area contributed by atoms with Gasteiger partial charge in [0.05, 0.1) is 37.6 Å². The molecule has 1 fully saturated rings. The van der Waals surface area contributed by atoms with E-state index in [9.17, 15) is 13.2 Å². The van der Waals surface area contributed by atoms with E-state index in [1.807, 2.05) is 0 Å². The van der Waals surface area contributed by atoms with Crippen LogP contribution in [-0.2, 0) is 14.8 Å². The van der Waals surface area contributed by atoms with Crippen LogP contribution in [-0.4, -0.2) is 54.7 Å². The van der Waals surface area contributed by atoms with E-state index >= 15 is 0 Å². The number of nitrogens with one attached hydrogen (secondary N) is 1. The van der Waals surface area contributed by atoms with Crippen LogP contribution < -0.4 is 14.8 Å². The molecule has 1 aliphatic heterocycles. The average molecular weight is 463 g/mol. The molecule has 2 heterocycles. The van der Waals surface area contributed by atoms with E-state index in [2.05, 4.69) is 14.1 Å². The van der Waals surface area contributed by atoms with Crippen molar-refractivity contribution < 1.29 is 22.7 Å². The van der Waals surface area contributed by atoms with Crippen LogP contribution in [0.4, 0.5) is 5.69 Å². The number of amides is 1. The summed E-state index contributed by atoms with van der Waals surface area (Å²) in [4.78, 5) is 13.1. The number of nitrogens with zero attached hydrogens (tertiary/aromatic N) is 3. The number of benzene rings is 2.